The number of aromatic nitrogens is 2. The van der Waals surface area contributed by atoms with E-state index in [1.54, 1.807) is 0 Å². The highest BCUT2D eigenvalue weighted by atomic mass is 35.5. The third-order valence-corrected chi connectivity index (χ3v) is 4.68. The molecule has 0 saturated heterocycles. The Kier molecular flexibility index (Phi) is 6.53. The molecule has 0 radical (unpaired) electrons. The molecule has 18 heavy (non-hydrogen) atoms. The van der Waals surface area contributed by atoms with Crippen molar-refractivity contribution in [2.75, 3.05) is 12.8 Å². The summed E-state index contributed by atoms with van der Waals surface area (Å²) in [5, 5.41) is 9.33. The zero-order valence-corrected chi connectivity index (χ0v) is 13.5. The average Bonchev–Trinajstić information content (AvgIpc) is 2.60. The second-order valence-electron chi connectivity index (χ2n) is 4.76. The fourth-order valence-corrected chi connectivity index (χ4v) is 3.10. The van der Waals surface area contributed by atoms with E-state index in [0.29, 0.717) is 11.3 Å². The van der Waals surface area contributed by atoms with Crippen LogP contribution in [0.3, 0.4) is 0 Å². The van der Waals surface area contributed by atoms with Crippen LogP contribution in [-0.4, -0.2) is 33.9 Å². The van der Waals surface area contributed by atoms with Crippen molar-refractivity contribution >= 4 is 23.4 Å². The number of hydrogen-bond acceptors (Lipinski definition) is 3. The number of aryl methyl sites for hydroxylation is 2. The van der Waals surface area contributed by atoms with Gasteiger partial charge in [-0.25, -0.2) is 0 Å². The molecule has 0 bridgehead atoms. The van der Waals surface area contributed by atoms with Gasteiger partial charge in [-0.05, 0) is 18.7 Å². The molecule has 3 nitrogen and oxygen atoms in total. The van der Waals surface area contributed by atoms with Crippen molar-refractivity contribution in [2.24, 2.45) is 7.05 Å². The molecule has 0 aliphatic heterocycles. The zero-order chi connectivity index (χ0) is 13.7. The minimum absolute atomic E-state index is 0.440. The number of hydrogen-bond donors (Lipinski definition) is 1. The first-order valence-corrected chi connectivity index (χ1v) is 7.91. The fraction of sp³-hybridized carbons (Fsp3) is 0.769. The van der Waals surface area contributed by atoms with E-state index in [1.807, 2.05) is 30.5 Å². The van der Waals surface area contributed by atoms with E-state index >= 15 is 0 Å². The number of halogens is 1. The normalized spacial score (nSPS) is 13.3. The first kappa shape index (κ1) is 15.9. The fourth-order valence-electron chi connectivity index (χ4n) is 1.83. The summed E-state index contributed by atoms with van der Waals surface area (Å²) in [6, 6.07) is 0.440. The van der Waals surface area contributed by atoms with Crippen molar-refractivity contribution in [1.29, 1.82) is 0 Å². The lowest BCUT2D eigenvalue weighted by molar-refractivity contribution is 0.581. The van der Waals surface area contributed by atoms with E-state index in [0.717, 1.165) is 35.0 Å². The molecule has 1 rings (SSSR count). The first-order valence-electron chi connectivity index (χ1n) is 6.48. The van der Waals surface area contributed by atoms with E-state index in [2.05, 4.69) is 31.2 Å². The highest BCUT2D eigenvalue weighted by Crippen LogP contribution is 2.23. The van der Waals surface area contributed by atoms with E-state index in [-0.39, 0.29) is 0 Å². The Balaban J connectivity index is 2.72. The summed E-state index contributed by atoms with van der Waals surface area (Å²) in [6.07, 6.45) is 1.82. The van der Waals surface area contributed by atoms with Crippen molar-refractivity contribution in [3.63, 3.8) is 0 Å². The van der Waals surface area contributed by atoms with Gasteiger partial charge in [-0.15, -0.1) is 0 Å². The Morgan fingerprint density at radius 2 is 2.11 bits per heavy atom. The van der Waals surface area contributed by atoms with Crippen LogP contribution in [0.4, 0.5) is 0 Å². The van der Waals surface area contributed by atoms with Crippen molar-refractivity contribution in [3.05, 3.63) is 16.4 Å². The molecule has 0 aliphatic carbocycles. The molecule has 1 unspecified atom stereocenters. The van der Waals surface area contributed by atoms with E-state index in [1.165, 1.54) is 0 Å². The molecule has 1 aromatic heterocycles. The Labute approximate surface area is 120 Å². The van der Waals surface area contributed by atoms with Gasteiger partial charge in [0.05, 0.1) is 16.4 Å². The largest absolute Gasteiger partial charge is 0.316 e. The molecule has 0 fully saturated rings. The van der Waals surface area contributed by atoms with E-state index in [9.17, 15) is 0 Å². The summed E-state index contributed by atoms with van der Waals surface area (Å²) in [5.74, 6) is 1.09. The third kappa shape index (κ3) is 4.18. The Hall–Kier alpha value is -0.190. The molecular formula is C13H24ClN3S. The van der Waals surface area contributed by atoms with Gasteiger partial charge >= 0.3 is 0 Å². The maximum absolute atomic E-state index is 6.38. The van der Waals surface area contributed by atoms with Gasteiger partial charge < -0.3 is 5.32 Å². The quantitative estimate of drug-likeness (QED) is 0.837. The van der Waals surface area contributed by atoms with E-state index in [4.69, 9.17) is 11.6 Å². The molecule has 0 aromatic carbocycles. The van der Waals surface area contributed by atoms with Crippen molar-refractivity contribution in [1.82, 2.24) is 15.1 Å². The highest BCUT2D eigenvalue weighted by molar-refractivity contribution is 7.99. The van der Waals surface area contributed by atoms with Gasteiger partial charge in [-0.1, -0.05) is 32.4 Å². The summed E-state index contributed by atoms with van der Waals surface area (Å²) in [5.41, 5.74) is 2.14. The molecule has 1 N–H and O–H groups in total. The molecule has 5 heteroatoms. The molecule has 0 amide bonds. The van der Waals surface area contributed by atoms with Gasteiger partial charge in [0.2, 0.25) is 0 Å². The van der Waals surface area contributed by atoms with Crippen LogP contribution >= 0.6 is 23.4 Å². The molecule has 1 heterocycles. The lowest BCUT2D eigenvalue weighted by Crippen LogP contribution is -2.31. The number of thioether (sulfide) groups is 1. The zero-order valence-electron chi connectivity index (χ0n) is 12.0. The second-order valence-corrected chi connectivity index (χ2v) is 6.74. The minimum atomic E-state index is 0.440. The smallest absolute Gasteiger partial charge is 0.0850 e. The minimum Gasteiger partial charge on any atom is -0.316 e. The Bertz CT molecular complexity index is 377. The summed E-state index contributed by atoms with van der Waals surface area (Å²) >= 11 is 8.35. The number of nitrogens with one attached hydrogen (secondary N) is 1. The highest BCUT2D eigenvalue weighted by Gasteiger charge is 2.17. The SMILES string of the molecule is CCc1nn(C)c(CC(CSC(C)C)NC)c1Cl. The maximum atomic E-state index is 6.38. The summed E-state index contributed by atoms with van der Waals surface area (Å²) in [6.45, 7) is 6.54. The van der Waals surface area contributed by atoms with Gasteiger partial charge in [-0.3, -0.25) is 4.68 Å². The predicted molar refractivity (Wildman–Crippen MR) is 81.7 cm³/mol. The van der Waals surface area contributed by atoms with Gasteiger partial charge in [0, 0.05) is 25.3 Å². The average molecular weight is 290 g/mol. The van der Waals surface area contributed by atoms with Crippen LogP contribution in [-0.2, 0) is 19.9 Å². The number of nitrogens with zero attached hydrogens (tertiary/aromatic N) is 2. The Morgan fingerprint density at radius 3 is 2.56 bits per heavy atom. The van der Waals surface area contributed by atoms with Gasteiger partial charge in [0.1, 0.15) is 0 Å². The standard InChI is InChI=1S/C13H24ClN3S/c1-6-11-13(14)12(17(5)16-11)7-10(15-4)8-18-9(2)3/h9-10,15H,6-8H2,1-5H3. The van der Waals surface area contributed by atoms with Crippen LogP contribution in [0.25, 0.3) is 0 Å². The van der Waals surface area contributed by atoms with Crippen LogP contribution in [0, 0.1) is 0 Å². The molecule has 0 aliphatic rings. The van der Waals surface area contributed by atoms with Crippen LogP contribution < -0.4 is 5.32 Å². The molecule has 1 atom stereocenters. The summed E-state index contributed by atoms with van der Waals surface area (Å²) < 4.78 is 1.92. The van der Waals surface area contributed by atoms with Crippen LogP contribution in [0.15, 0.2) is 0 Å². The molecular weight excluding hydrogens is 266 g/mol. The Morgan fingerprint density at radius 1 is 1.44 bits per heavy atom. The molecule has 1 aromatic rings. The van der Waals surface area contributed by atoms with Gasteiger partial charge in [0.15, 0.2) is 0 Å². The van der Waals surface area contributed by atoms with Crippen molar-refractivity contribution in [2.45, 2.75) is 44.9 Å². The molecule has 0 saturated carbocycles. The summed E-state index contributed by atoms with van der Waals surface area (Å²) in [4.78, 5) is 0. The number of likely N-dealkylation sites (N-methyl/N-ethyl adjacent to an activating group) is 1. The van der Waals surface area contributed by atoms with Crippen molar-refractivity contribution in [3.8, 4) is 0 Å². The first-order chi connectivity index (χ1) is 8.49. The van der Waals surface area contributed by atoms with Crippen LogP contribution in [0.2, 0.25) is 5.02 Å². The van der Waals surface area contributed by atoms with Gasteiger partial charge in [-0.2, -0.15) is 16.9 Å². The van der Waals surface area contributed by atoms with Crippen molar-refractivity contribution < 1.29 is 0 Å². The van der Waals surface area contributed by atoms with Crippen LogP contribution in [0.1, 0.15) is 32.2 Å². The monoisotopic (exact) mass is 289 g/mol. The molecule has 104 valence electrons. The van der Waals surface area contributed by atoms with Gasteiger partial charge in [0.25, 0.3) is 0 Å². The lowest BCUT2D eigenvalue weighted by atomic mass is 10.1. The van der Waals surface area contributed by atoms with E-state index < -0.39 is 0 Å². The predicted octanol–water partition coefficient (Wildman–Crippen LogP) is 2.91. The number of rotatable bonds is 7. The summed E-state index contributed by atoms with van der Waals surface area (Å²) in [7, 11) is 3.99. The van der Waals surface area contributed by atoms with Crippen LogP contribution in [0.5, 0.6) is 0 Å². The second kappa shape index (κ2) is 7.41. The molecule has 0 spiro atoms. The maximum Gasteiger partial charge on any atom is 0.0850 e. The third-order valence-electron chi connectivity index (χ3n) is 2.98. The topological polar surface area (TPSA) is 29.9 Å². The lowest BCUT2D eigenvalue weighted by Gasteiger charge is -2.17.